The number of esters is 3. The molecule has 0 aliphatic rings. The first kappa shape index (κ1) is 62.1. The van der Waals surface area contributed by atoms with Crippen molar-refractivity contribution in [1.29, 1.82) is 0 Å². The zero-order valence-corrected chi connectivity index (χ0v) is 43.0. The molecule has 6 nitrogen and oxygen atoms in total. The van der Waals surface area contributed by atoms with Gasteiger partial charge < -0.3 is 14.2 Å². The van der Waals surface area contributed by atoms with Gasteiger partial charge in [0.1, 0.15) is 13.2 Å². The van der Waals surface area contributed by atoms with Gasteiger partial charge in [-0.15, -0.1) is 0 Å². The highest BCUT2D eigenvalue weighted by atomic mass is 16.6. The van der Waals surface area contributed by atoms with Crippen molar-refractivity contribution in [2.24, 2.45) is 0 Å². The van der Waals surface area contributed by atoms with Crippen LogP contribution in [0.3, 0.4) is 0 Å². The second-order valence-corrected chi connectivity index (χ2v) is 18.5. The lowest BCUT2D eigenvalue weighted by atomic mass is 10.0. The fraction of sp³-hybridized carbons (Fsp3) is 0.780. The maximum absolute atomic E-state index is 12.8. The molecule has 376 valence electrons. The quantitative estimate of drug-likeness (QED) is 0.0262. The molecule has 0 saturated carbocycles. The second kappa shape index (κ2) is 53.7. The molecule has 0 N–H and O–H groups in total. The van der Waals surface area contributed by atoms with Gasteiger partial charge in [-0.25, -0.2) is 0 Å². The number of allylic oxidation sites excluding steroid dienone is 10. The first-order chi connectivity index (χ1) is 32.0. The third kappa shape index (κ3) is 51.9. The zero-order chi connectivity index (χ0) is 47.2. The fourth-order valence-corrected chi connectivity index (χ4v) is 7.77. The number of carbonyl (C=O) groups is 3. The molecule has 0 aromatic rings. The Labute approximate surface area is 402 Å². The number of hydrogen-bond donors (Lipinski definition) is 0. The van der Waals surface area contributed by atoms with Crippen LogP contribution < -0.4 is 0 Å². The van der Waals surface area contributed by atoms with E-state index < -0.39 is 6.10 Å². The minimum absolute atomic E-state index is 0.0862. The normalized spacial score (nSPS) is 12.5. The Kier molecular flexibility index (Phi) is 51.3. The largest absolute Gasteiger partial charge is 0.462 e. The number of unbranched alkanes of at least 4 members (excludes halogenated alkanes) is 29. The summed E-state index contributed by atoms with van der Waals surface area (Å²) in [4.78, 5) is 38.1. The molecular formula is C59H104O6. The van der Waals surface area contributed by atoms with E-state index in [-0.39, 0.29) is 31.1 Å². The molecule has 0 aromatic carbocycles. The van der Waals surface area contributed by atoms with Gasteiger partial charge in [0.15, 0.2) is 6.10 Å². The van der Waals surface area contributed by atoms with E-state index in [1.54, 1.807) is 0 Å². The average Bonchev–Trinajstić information content (AvgIpc) is 3.30. The van der Waals surface area contributed by atoms with Gasteiger partial charge in [0.05, 0.1) is 0 Å². The van der Waals surface area contributed by atoms with Crippen molar-refractivity contribution in [1.82, 2.24) is 0 Å². The van der Waals surface area contributed by atoms with E-state index in [2.05, 4.69) is 81.5 Å². The SMILES string of the molecule is CCCCC/C=C\C/C=C\C/C=C\C/C=C\CCCCCC(=O)O[C@H](COC(=O)CCCCCCCCC/C=C\CCCCCC)COC(=O)CCCCCCCCCCCCCCC. The predicted molar refractivity (Wildman–Crippen MR) is 279 cm³/mol. The zero-order valence-electron chi connectivity index (χ0n) is 43.0. The van der Waals surface area contributed by atoms with Gasteiger partial charge in [-0.05, 0) is 89.9 Å². The van der Waals surface area contributed by atoms with E-state index in [0.717, 1.165) is 83.5 Å². The molecule has 0 amide bonds. The van der Waals surface area contributed by atoms with Crippen LogP contribution >= 0.6 is 0 Å². The summed E-state index contributed by atoms with van der Waals surface area (Å²) in [5.41, 5.74) is 0. The molecule has 0 aliphatic carbocycles. The van der Waals surface area contributed by atoms with Crippen molar-refractivity contribution >= 4 is 17.9 Å². The molecule has 0 aromatic heterocycles. The fourth-order valence-electron chi connectivity index (χ4n) is 7.77. The van der Waals surface area contributed by atoms with Crippen LogP contribution in [0.5, 0.6) is 0 Å². The lowest BCUT2D eigenvalue weighted by Crippen LogP contribution is -2.30. The van der Waals surface area contributed by atoms with E-state index in [1.807, 2.05) is 0 Å². The molecule has 0 radical (unpaired) electrons. The van der Waals surface area contributed by atoms with E-state index in [1.165, 1.54) is 154 Å². The average molecular weight is 909 g/mol. The minimum Gasteiger partial charge on any atom is -0.462 e. The van der Waals surface area contributed by atoms with Crippen LogP contribution in [0, 0.1) is 0 Å². The Balaban J connectivity index is 4.43. The highest BCUT2D eigenvalue weighted by Gasteiger charge is 2.19. The molecular weight excluding hydrogens is 805 g/mol. The third-order valence-electron chi connectivity index (χ3n) is 12.0. The lowest BCUT2D eigenvalue weighted by molar-refractivity contribution is -0.167. The van der Waals surface area contributed by atoms with Crippen molar-refractivity contribution in [3.63, 3.8) is 0 Å². The van der Waals surface area contributed by atoms with Gasteiger partial charge in [-0.2, -0.15) is 0 Å². The third-order valence-corrected chi connectivity index (χ3v) is 12.0. The molecule has 0 rings (SSSR count). The van der Waals surface area contributed by atoms with Gasteiger partial charge in [0.25, 0.3) is 0 Å². The van der Waals surface area contributed by atoms with E-state index in [4.69, 9.17) is 14.2 Å². The molecule has 65 heavy (non-hydrogen) atoms. The maximum atomic E-state index is 12.8. The minimum atomic E-state index is -0.790. The maximum Gasteiger partial charge on any atom is 0.306 e. The van der Waals surface area contributed by atoms with Crippen molar-refractivity contribution in [3.8, 4) is 0 Å². The van der Waals surface area contributed by atoms with Crippen molar-refractivity contribution < 1.29 is 28.6 Å². The smallest absolute Gasteiger partial charge is 0.306 e. The first-order valence-corrected chi connectivity index (χ1v) is 27.8. The molecule has 0 unspecified atom stereocenters. The summed E-state index contributed by atoms with van der Waals surface area (Å²) in [5, 5.41) is 0. The lowest BCUT2D eigenvalue weighted by Gasteiger charge is -2.18. The number of ether oxygens (including phenoxy) is 3. The Hall–Kier alpha value is -2.89. The molecule has 1 atom stereocenters. The molecule has 0 spiro atoms. The molecule has 0 fully saturated rings. The van der Waals surface area contributed by atoms with Crippen LogP contribution in [0.1, 0.15) is 278 Å². The number of hydrogen-bond acceptors (Lipinski definition) is 6. The van der Waals surface area contributed by atoms with Crippen LogP contribution in [-0.4, -0.2) is 37.2 Å². The van der Waals surface area contributed by atoms with Gasteiger partial charge in [0.2, 0.25) is 0 Å². The standard InChI is InChI=1S/C59H104O6/c1-4-7-10-13-16-19-22-25-27-28-29-30-32-35-38-41-44-47-50-53-59(62)65-56(54-63-57(60)51-48-45-42-39-36-33-24-21-18-15-12-9-6-3)55-64-58(61)52-49-46-43-40-37-34-31-26-23-20-17-14-11-8-5-2/h16,19-20,23,25,27,29-30,35,38,56H,4-15,17-18,21-22,24,26,28,31-34,36-37,39-55H2,1-3H3/b19-16-,23-20-,27-25-,30-29-,38-35-/t56-/m0/s1. The predicted octanol–water partition coefficient (Wildman–Crippen LogP) is 18.4. The molecule has 0 bridgehead atoms. The second-order valence-electron chi connectivity index (χ2n) is 18.5. The summed E-state index contributed by atoms with van der Waals surface area (Å²) < 4.78 is 16.8. The van der Waals surface area contributed by atoms with E-state index in [9.17, 15) is 14.4 Å². The van der Waals surface area contributed by atoms with Crippen LogP contribution in [0.2, 0.25) is 0 Å². The Morgan fingerprint density at radius 1 is 0.308 bits per heavy atom. The van der Waals surface area contributed by atoms with Crippen molar-refractivity contribution in [2.45, 2.75) is 284 Å². The molecule has 6 heteroatoms. The summed E-state index contributed by atoms with van der Waals surface area (Å²) in [6.07, 6.45) is 66.3. The molecule has 0 aliphatic heterocycles. The van der Waals surface area contributed by atoms with Crippen molar-refractivity contribution in [3.05, 3.63) is 60.8 Å². The summed E-state index contributed by atoms with van der Waals surface area (Å²) in [6.45, 7) is 6.59. The Morgan fingerprint density at radius 2 is 0.554 bits per heavy atom. The molecule has 0 heterocycles. The first-order valence-electron chi connectivity index (χ1n) is 27.8. The van der Waals surface area contributed by atoms with Gasteiger partial charge in [0, 0.05) is 19.3 Å². The van der Waals surface area contributed by atoms with Gasteiger partial charge in [-0.1, -0.05) is 229 Å². The highest BCUT2D eigenvalue weighted by molar-refractivity contribution is 5.71. The van der Waals surface area contributed by atoms with E-state index in [0.29, 0.717) is 19.3 Å². The summed E-state index contributed by atoms with van der Waals surface area (Å²) in [7, 11) is 0. The summed E-state index contributed by atoms with van der Waals surface area (Å²) in [6, 6.07) is 0. The monoisotopic (exact) mass is 909 g/mol. The van der Waals surface area contributed by atoms with Crippen molar-refractivity contribution in [2.75, 3.05) is 13.2 Å². The van der Waals surface area contributed by atoms with Crippen LogP contribution in [0.25, 0.3) is 0 Å². The molecule has 0 saturated heterocycles. The topological polar surface area (TPSA) is 78.9 Å². The van der Waals surface area contributed by atoms with Crippen LogP contribution in [0.4, 0.5) is 0 Å². The van der Waals surface area contributed by atoms with Crippen LogP contribution in [0.15, 0.2) is 60.8 Å². The summed E-state index contributed by atoms with van der Waals surface area (Å²) >= 11 is 0. The number of rotatable bonds is 50. The van der Waals surface area contributed by atoms with Gasteiger partial charge in [-0.3, -0.25) is 14.4 Å². The highest BCUT2D eigenvalue weighted by Crippen LogP contribution is 2.15. The van der Waals surface area contributed by atoms with Crippen LogP contribution in [-0.2, 0) is 28.6 Å². The summed E-state index contributed by atoms with van der Waals surface area (Å²) in [5.74, 6) is -0.913. The number of carbonyl (C=O) groups excluding carboxylic acids is 3. The Bertz CT molecular complexity index is 1180. The van der Waals surface area contributed by atoms with Gasteiger partial charge >= 0.3 is 17.9 Å². The Morgan fingerprint density at radius 3 is 0.938 bits per heavy atom. The van der Waals surface area contributed by atoms with E-state index >= 15 is 0 Å².